The van der Waals surface area contributed by atoms with Gasteiger partial charge < -0.3 is 4.74 Å². The van der Waals surface area contributed by atoms with Crippen LogP contribution in [-0.4, -0.2) is 40.6 Å². The number of hydrogen-bond acceptors (Lipinski definition) is 2. The second-order valence-electron chi connectivity index (χ2n) is 8.89. The first kappa shape index (κ1) is 22.6. The van der Waals surface area contributed by atoms with E-state index in [1.165, 1.54) is 12.8 Å². The molecule has 1 N–H and O–H groups in total. The molecule has 0 aromatic heterocycles. The van der Waals surface area contributed by atoms with Crippen molar-refractivity contribution in [3.8, 4) is 5.75 Å². The van der Waals surface area contributed by atoms with Crippen LogP contribution in [0.2, 0.25) is 0 Å². The third kappa shape index (κ3) is 4.34. The van der Waals surface area contributed by atoms with Gasteiger partial charge in [-0.05, 0) is 64.7 Å². The van der Waals surface area contributed by atoms with Crippen LogP contribution in [0, 0.1) is 0 Å². The van der Waals surface area contributed by atoms with Crippen molar-refractivity contribution in [3.63, 3.8) is 0 Å². The largest absolute Gasteiger partial charge is 0.497 e. The van der Waals surface area contributed by atoms with Gasteiger partial charge in [-0.25, -0.2) is 14.4 Å². The molecule has 1 saturated carbocycles. The average molecular weight is 420 g/mol. The van der Waals surface area contributed by atoms with Crippen molar-refractivity contribution >= 4 is 7.59 Å². The van der Waals surface area contributed by atoms with E-state index in [1.807, 2.05) is 24.3 Å². The van der Waals surface area contributed by atoms with Crippen LogP contribution in [0.15, 0.2) is 36.9 Å². The predicted octanol–water partition coefficient (Wildman–Crippen LogP) is 5.76. The molecule has 0 amide bonds. The van der Waals surface area contributed by atoms with E-state index in [0.717, 1.165) is 24.2 Å². The first-order valence-electron chi connectivity index (χ1n) is 11.0. The minimum atomic E-state index is -2.95. The summed E-state index contributed by atoms with van der Waals surface area (Å²) in [5.41, 5.74) is 1.08. The van der Waals surface area contributed by atoms with Gasteiger partial charge in [-0.1, -0.05) is 31.1 Å². The summed E-state index contributed by atoms with van der Waals surface area (Å²) in [5, 5.41) is 3.66. The van der Waals surface area contributed by atoms with Crippen LogP contribution in [0.1, 0.15) is 71.4 Å². The van der Waals surface area contributed by atoms with Gasteiger partial charge in [0.15, 0.2) is 0 Å². The molecule has 1 aliphatic carbocycles. The van der Waals surface area contributed by atoms with Crippen LogP contribution in [0.3, 0.4) is 0 Å². The molecule has 162 valence electrons. The standard InChI is InChI=1S/C23H38N3O2P/c1-7-11-21(19-12-10-13-20(16-19)28-6)24-29(27)25(17(2)3)22-14-8-9-15-23(22)26(29)18(4)5/h7,10,12-13,16-18,21-23H,1,8-9,11,14-15H2,2-6H3,(H,24,27)/t21-,22-,23-/m0/s1. The summed E-state index contributed by atoms with van der Waals surface area (Å²) in [6.07, 6.45) is 7.33. The Morgan fingerprint density at radius 2 is 1.76 bits per heavy atom. The summed E-state index contributed by atoms with van der Waals surface area (Å²) >= 11 is 0. The number of benzene rings is 1. The van der Waals surface area contributed by atoms with E-state index < -0.39 is 7.59 Å². The minimum absolute atomic E-state index is 0.0731. The molecule has 5 nitrogen and oxygen atoms in total. The van der Waals surface area contributed by atoms with Crippen molar-refractivity contribution in [1.82, 2.24) is 14.4 Å². The summed E-state index contributed by atoms with van der Waals surface area (Å²) in [6, 6.07) is 9.15. The molecule has 0 radical (unpaired) electrons. The van der Waals surface area contributed by atoms with Crippen molar-refractivity contribution in [2.75, 3.05) is 7.11 Å². The highest BCUT2D eigenvalue weighted by atomic mass is 31.2. The Morgan fingerprint density at radius 1 is 1.17 bits per heavy atom. The van der Waals surface area contributed by atoms with E-state index in [2.05, 4.69) is 54.8 Å². The number of fused-ring (bicyclic) bond motifs is 1. The molecule has 1 aliphatic heterocycles. The van der Waals surface area contributed by atoms with E-state index in [0.29, 0.717) is 18.5 Å². The highest BCUT2D eigenvalue weighted by Gasteiger charge is 2.57. The Labute approximate surface area is 177 Å². The van der Waals surface area contributed by atoms with Crippen LogP contribution in [0.4, 0.5) is 0 Å². The fraction of sp³-hybridized carbons (Fsp3) is 0.652. The van der Waals surface area contributed by atoms with Crippen molar-refractivity contribution in [1.29, 1.82) is 0 Å². The van der Waals surface area contributed by atoms with E-state index >= 15 is 0 Å². The maximum absolute atomic E-state index is 14.8. The van der Waals surface area contributed by atoms with Crippen molar-refractivity contribution in [2.24, 2.45) is 0 Å². The zero-order chi connectivity index (χ0) is 21.2. The summed E-state index contributed by atoms with van der Waals surface area (Å²) in [5.74, 6) is 0.818. The monoisotopic (exact) mass is 419 g/mol. The molecular formula is C23H38N3O2P. The van der Waals surface area contributed by atoms with Gasteiger partial charge in [-0.3, -0.25) is 4.57 Å². The van der Waals surface area contributed by atoms with Crippen LogP contribution in [0.25, 0.3) is 0 Å². The fourth-order valence-corrected chi connectivity index (χ4v) is 9.01. The molecular weight excluding hydrogens is 381 g/mol. The lowest BCUT2D eigenvalue weighted by molar-refractivity contribution is 0.173. The van der Waals surface area contributed by atoms with Gasteiger partial charge in [-0.15, -0.1) is 6.58 Å². The molecule has 0 unspecified atom stereocenters. The number of hydrogen-bond donors (Lipinski definition) is 1. The van der Waals surface area contributed by atoms with Gasteiger partial charge in [0.25, 0.3) is 7.59 Å². The van der Waals surface area contributed by atoms with Gasteiger partial charge in [0.05, 0.1) is 7.11 Å². The Bertz CT molecular complexity index is 723. The number of nitrogens with zero attached hydrogens (tertiary/aromatic N) is 2. The van der Waals surface area contributed by atoms with Gasteiger partial charge in [0, 0.05) is 30.2 Å². The third-order valence-electron chi connectivity index (χ3n) is 6.28. The van der Waals surface area contributed by atoms with E-state index in [-0.39, 0.29) is 18.1 Å². The average Bonchev–Trinajstić information content (AvgIpc) is 2.95. The zero-order valence-corrected chi connectivity index (χ0v) is 19.6. The third-order valence-corrected chi connectivity index (χ3v) is 9.70. The summed E-state index contributed by atoms with van der Waals surface area (Å²) in [4.78, 5) is 0. The van der Waals surface area contributed by atoms with Gasteiger partial charge in [0.2, 0.25) is 0 Å². The zero-order valence-electron chi connectivity index (χ0n) is 18.7. The summed E-state index contributed by atoms with van der Waals surface area (Å²) < 4.78 is 24.9. The molecule has 1 aromatic rings. The topological polar surface area (TPSA) is 44.8 Å². The van der Waals surface area contributed by atoms with Crippen LogP contribution in [0.5, 0.6) is 5.75 Å². The van der Waals surface area contributed by atoms with E-state index in [9.17, 15) is 4.57 Å². The number of rotatable bonds is 8. The Balaban J connectivity index is 2.02. The molecule has 1 heterocycles. The van der Waals surface area contributed by atoms with Crippen LogP contribution in [-0.2, 0) is 4.57 Å². The molecule has 0 spiro atoms. The summed E-state index contributed by atoms with van der Waals surface area (Å²) in [7, 11) is -1.27. The summed E-state index contributed by atoms with van der Waals surface area (Å²) in [6.45, 7) is 12.7. The number of methoxy groups -OCH3 is 1. The number of ether oxygens (including phenoxy) is 1. The molecule has 3 atom stereocenters. The van der Waals surface area contributed by atoms with Gasteiger partial charge in [0.1, 0.15) is 5.75 Å². The number of nitrogens with one attached hydrogen (secondary N) is 1. The second kappa shape index (κ2) is 9.34. The molecule has 6 heteroatoms. The molecule has 29 heavy (non-hydrogen) atoms. The van der Waals surface area contributed by atoms with Gasteiger partial charge >= 0.3 is 0 Å². The molecule has 1 aromatic carbocycles. The highest BCUT2D eigenvalue weighted by Crippen LogP contribution is 2.63. The van der Waals surface area contributed by atoms with Crippen molar-refractivity contribution in [2.45, 2.75) is 90.0 Å². The lowest BCUT2D eigenvalue weighted by Gasteiger charge is -2.38. The first-order valence-corrected chi connectivity index (χ1v) is 12.6. The van der Waals surface area contributed by atoms with Crippen LogP contribution < -0.4 is 9.82 Å². The fourth-order valence-electron chi connectivity index (χ4n) is 5.25. The van der Waals surface area contributed by atoms with E-state index in [4.69, 9.17) is 4.74 Å². The SMILES string of the molecule is C=CC[C@H](NP1(=O)N(C(C)C)[C@H]2CCCC[C@@H]2N1C(C)C)c1cccc(OC)c1. The molecule has 1 saturated heterocycles. The predicted molar refractivity (Wildman–Crippen MR) is 121 cm³/mol. The van der Waals surface area contributed by atoms with Crippen molar-refractivity contribution in [3.05, 3.63) is 42.5 Å². The smallest absolute Gasteiger partial charge is 0.285 e. The molecule has 2 fully saturated rings. The van der Waals surface area contributed by atoms with Gasteiger partial charge in [-0.2, -0.15) is 0 Å². The highest BCUT2D eigenvalue weighted by molar-refractivity contribution is 7.57. The lowest BCUT2D eigenvalue weighted by atomic mass is 9.89. The van der Waals surface area contributed by atoms with E-state index in [1.54, 1.807) is 7.11 Å². The Morgan fingerprint density at radius 3 is 2.24 bits per heavy atom. The second-order valence-corrected chi connectivity index (χ2v) is 11.2. The molecule has 2 aliphatic rings. The normalized spacial score (nSPS) is 25.9. The minimum Gasteiger partial charge on any atom is -0.497 e. The Hall–Kier alpha value is -1.13. The molecule has 3 rings (SSSR count). The first-order chi connectivity index (χ1) is 13.8. The lowest BCUT2D eigenvalue weighted by Crippen LogP contribution is -2.43. The maximum Gasteiger partial charge on any atom is 0.285 e. The van der Waals surface area contributed by atoms with Crippen molar-refractivity contribution < 1.29 is 9.30 Å². The Kier molecular flexibility index (Phi) is 7.27. The molecule has 0 bridgehead atoms. The van der Waals surface area contributed by atoms with Crippen LogP contribution >= 0.6 is 7.59 Å². The maximum atomic E-state index is 14.8. The quantitative estimate of drug-likeness (QED) is 0.429.